The fourth-order valence-corrected chi connectivity index (χ4v) is 1.24. The molecule has 8 heteroatoms. The zero-order valence-electron chi connectivity index (χ0n) is 9.67. The Morgan fingerprint density at radius 3 is 2.78 bits per heavy atom. The van der Waals surface area contributed by atoms with Crippen LogP contribution < -0.4 is 5.32 Å². The fourth-order valence-electron chi connectivity index (χ4n) is 1.24. The van der Waals surface area contributed by atoms with Gasteiger partial charge in [0.25, 0.3) is 5.91 Å². The number of carbonyl (C=O) groups is 3. The summed E-state index contributed by atoms with van der Waals surface area (Å²) in [4.78, 5) is 33.4. The SMILES string of the molecule is COC(=O)CC[C@@H](NC(=O)c1cn[nH]c1)C(=O)O. The van der Waals surface area contributed by atoms with Crippen molar-refractivity contribution in [3.05, 3.63) is 18.0 Å². The molecule has 0 aliphatic rings. The summed E-state index contributed by atoms with van der Waals surface area (Å²) in [6.45, 7) is 0. The third-order valence-corrected chi connectivity index (χ3v) is 2.23. The van der Waals surface area contributed by atoms with Crippen molar-refractivity contribution in [2.75, 3.05) is 7.11 Å². The van der Waals surface area contributed by atoms with E-state index in [1.807, 2.05) is 0 Å². The largest absolute Gasteiger partial charge is 0.480 e. The van der Waals surface area contributed by atoms with Crippen LogP contribution in [0.3, 0.4) is 0 Å². The summed E-state index contributed by atoms with van der Waals surface area (Å²) >= 11 is 0. The third-order valence-electron chi connectivity index (χ3n) is 2.23. The summed E-state index contributed by atoms with van der Waals surface area (Å²) in [6, 6.07) is -1.15. The van der Waals surface area contributed by atoms with Crippen LogP contribution in [0, 0.1) is 0 Å². The number of carboxylic acids is 1. The van der Waals surface area contributed by atoms with Crippen LogP contribution >= 0.6 is 0 Å². The van der Waals surface area contributed by atoms with Crippen LogP contribution in [0.15, 0.2) is 12.4 Å². The highest BCUT2D eigenvalue weighted by molar-refractivity contribution is 5.96. The zero-order valence-corrected chi connectivity index (χ0v) is 9.67. The average Bonchev–Trinajstić information content (AvgIpc) is 2.87. The van der Waals surface area contributed by atoms with E-state index in [4.69, 9.17) is 5.11 Å². The first-order valence-corrected chi connectivity index (χ1v) is 5.14. The first-order valence-electron chi connectivity index (χ1n) is 5.14. The van der Waals surface area contributed by atoms with Crippen LogP contribution in [-0.4, -0.2) is 46.3 Å². The van der Waals surface area contributed by atoms with Crippen molar-refractivity contribution in [3.63, 3.8) is 0 Å². The summed E-state index contributed by atoms with van der Waals surface area (Å²) < 4.78 is 4.40. The van der Waals surface area contributed by atoms with Gasteiger partial charge < -0.3 is 15.2 Å². The van der Waals surface area contributed by atoms with E-state index in [-0.39, 0.29) is 18.4 Å². The lowest BCUT2D eigenvalue weighted by atomic mass is 10.1. The van der Waals surface area contributed by atoms with Crippen molar-refractivity contribution in [1.82, 2.24) is 15.5 Å². The number of nitrogens with one attached hydrogen (secondary N) is 2. The number of hydrogen-bond donors (Lipinski definition) is 3. The lowest BCUT2D eigenvalue weighted by Gasteiger charge is -2.12. The molecule has 1 atom stereocenters. The maximum absolute atomic E-state index is 11.6. The highest BCUT2D eigenvalue weighted by Gasteiger charge is 2.22. The maximum Gasteiger partial charge on any atom is 0.326 e. The third kappa shape index (κ3) is 3.89. The maximum atomic E-state index is 11.6. The Hall–Kier alpha value is -2.38. The number of carbonyl (C=O) groups excluding carboxylic acids is 2. The number of aliphatic carboxylic acids is 1. The highest BCUT2D eigenvalue weighted by Crippen LogP contribution is 2.02. The number of nitrogens with zero attached hydrogens (tertiary/aromatic N) is 1. The topological polar surface area (TPSA) is 121 Å². The second-order valence-corrected chi connectivity index (χ2v) is 3.47. The molecule has 1 aromatic rings. The van der Waals surface area contributed by atoms with E-state index in [0.29, 0.717) is 0 Å². The van der Waals surface area contributed by atoms with Gasteiger partial charge in [0.1, 0.15) is 6.04 Å². The van der Waals surface area contributed by atoms with Crippen LogP contribution in [0.2, 0.25) is 0 Å². The van der Waals surface area contributed by atoms with E-state index in [2.05, 4.69) is 20.3 Å². The van der Waals surface area contributed by atoms with Crippen LogP contribution in [0.4, 0.5) is 0 Å². The van der Waals surface area contributed by atoms with E-state index in [9.17, 15) is 14.4 Å². The van der Waals surface area contributed by atoms with E-state index in [0.717, 1.165) is 0 Å². The van der Waals surface area contributed by atoms with Crippen LogP contribution in [0.25, 0.3) is 0 Å². The van der Waals surface area contributed by atoms with Crippen LogP contribution in [0.1, 0.15) is 23.2 Å². The summed E-state index contributed by atoms with van der Waals surface area (Å²) in [6.07, 6.45) is 2.49. The molecule has 0 radical (unpaired) electrons. The number of methoxy groups -OCH3 is 1. The minimum Gasteiger partial charge on any atom is -0.480 e. The van der Waals surface area contributed by atoms with Gasteiger partial charge in [-0.25, -0.2) is 4.79 Å². The van der Waals surface area contributed by atoms with Crippen molar-refractivity contribution in [3.8, 4) is 0 Å². The summed E-state index contributed by atoms with van der Waals surface area (Å²) in [5.74, 6) is -2.31. The highest BCUT2D eigenvalue weighted by atomic mass is 16.5. The lowest BCUT2D eigenvalue weighted by molar-refractivity contribution is -0.142. The van der Waals surface area contributed by atoms with Crippen molar-refractivity contribution in [2.24, 2.45) is 0 Å². The molecule has 0 spiro atoms. The minimum absolute atomic E-state index is 0.0361. The predicted octanol–water partition coefficient (Wildman–Crippen LogP) is -0.454. The minimum atomic E-state index is -1.21. The molecule has 0 saturated carbocycles. The molecule has 0 saturated heterocycles. The van der Waals surface area contributed by atoms with Gasteiger partial charge in [0.2, 0.25) is 0 Å². The number of amides is 1. The van der Waals surface area contributed by atoms with Gasteiger partial charge in [-0.2, -0.15) is 5.10 Å². The van der Waals surface area contributed by atoms with E-state index < -0.39 is 23.9 Å². The van der Waals surface area contributed by atoms with Gasteiger partial charge in [-0.1, -0.05) is 0 Å². The molecule has 3 N–H and O–H groups in total. The first kappa shape index (κ1) is 13.7. The lowest BCUT2D eigenvalue weighted by Crippen LogP contribution is -2.41. The molecule has 1 amide bonds. The summed E-state index contributed by atoms with van der Waals surface area (Å²) in [5, 5.41) is 17.2. The molecular formula is C10H13N3O5. The Kier molecular flexibility index (Phi) is 4.85. The number of hydrogen-bond acceptors (Lipinski definition) is 5. The predicted molar refractivity (Wildman–Crippen MR) is 58.7 cm³/mol. The first-order chi connectivity index (χ1) is 8.54. The Bertz CT molecular complexity index is 429. The number of H-pyrrole nitrogens is 1. The van der Waals surface area contributed by atoms with Gasteiger partial charge in [0.05, 0.1) is 18.9 Å². The molecule has 1 heterocycles. The Morgan fingerprint density at radius 1 is 1.56 bits per heavy atom. The van der Waals surface area contributed by atoms with Crippen molar-refractivity contribution in [2.45, 2.75) is 18.9 Å². The van der Waals surface area contributed by atoms with Gasteiger partial charge in [-0.15, -0.1) is 0 Å². The van der Waals surface area contributed by atoms with Crippen molar-refractivity contribution < 1.29 is 24.2 Å². The van der Waals surface area contributed by atoms with Gasteiger partial charge in [-0.05, 0) is 6.42 Å². The van der Waals surface area contributed by atoms with Gasteiger partial charge >= 0.3 is 11.9 Å². The molecule has 1 rings (SSSR count). The van der Waals surface area contributed by atoms with E-state index in [1.165, 1.54) is 19.5 Å². The molecule has 0 aromatic carbocycles. The Balaban J connectivity index is 2.55. The molecule has 0 bridgehead atoms. The summed E-state index contributed by atoms with van der Waals surface area (Å²) in [7, 11) is 1.21. The van der Waals surface area contributed by atoms with Crippen molar-refractivity contribution in [1.29, 1.82) is 0 Å². The Morgan fingerprint density at radius 2 is 2.28 bits per heavy atom. The zero-order chi connectivity index (χ0) is 13.5. The summed E-state index contributed by atoms with van der Waals surface area (Å²) in [5.41, 5.74) is 0.222. The van der Waals surface area contributed by atoms with Gasteiger partial charge in [-0.3, -0.25) is 14.7 Å². The molecule has 0 unspecified atom stereocenters. The van der Waals surface area contributed by atoms with E-state index >= 15 is 0 Å². The second-order valence-electron chi connectivity index (χ2n) is 3.47. The normalized spacial score (nSPS) is 11.6. The molecule has 0 aliphatic heterocycles. The number of aromatic amines is 1. The number of aromatic nitrogens is 2. The quantitative estimate of drug-likeness (QED) is 0.592. The number of ether oxygens (including phenoxy) is 1. The average molecular weight is 255 g/mol. The van der Waals surface area contributed by atoms with Crippen LogP contribution in [0.5, 0.6) is 0 Å². The second kappa shape index (κ2) is 6.38. The molecular weight excluding hydrogens is 242 g/mol. The van der Waals surface area contributed by atoms with Gasteiger partial charge in [0.15, 0.2) is 0 Å². The number of carboxylic acid groups (broad SMARTS) is 1. The van der Waals surface area contributed by atoms with Gasteiger partial charge in [0, 0.05) is 12.6 Å². The Labute approximate surface area is 102 Å². The monoisotopic (exact) mass is 255 g/mol. The van der Waals surface area contributed by atoms with E-state index in [1.54, 1.807) is 0 Å². The number of esters is 1. The smallest absolute Gasteiger partial charge is 0.326 e. The molecule has 0 aliphatic carbocycles. The van der Waals surface area contributed by atoms with Crippen LogP contribution in [-0.2, 0) is 14.3 Å². The molecule has 98 valence electrons. The fraction of sp³-hybridized carbons (Fsp3) is 0.400. The molecule has 18 heavy (non-hydrogen) atoms. The standard InChI is InChI=1S/C10H13N3O5/c1-18-8(14)3-2-7(10(16)17)13-9(15)6-4-11-12-5-6/h4-5,7H,2-3H2,1H3,(H,11,12)(H,13,15)(H,16,17)/t7-/m1/s1. The number of rotatable bonds is 6. The molecule has 8 nitrogen and oxygen atoms in total. The molecule has 0 fully saturated rings. The van der Waals surface area contributed by atoms with Crippen molar-refractivity contribution >= 4 is 17.8 Å². The molecule has 1 aromatic heterocycles.